The van der Waals surface area contributed by atoms with E-state index in [-0.39, 0.29) is 0 Å². The zero-order valence-corrected chi connectivity index (χ0v) is 11.8. The van der Waals surface area contributed by atoms with Crippen LogP contribution in [-0.2, 0) is 6.54 Å². The summed E-state index contributed by atoms with van der Waals surface area (Å²) >= 11 is 0. The van der Waals surface area contributed by atoms with Gasteiger partial charge in [-0.15, -0.1) is 0 Å². The standard InChI is InChI=1S/C16H22N2O/c1-3-5-10-19-16-11-13(12-17-4-2)14-8-6-7-9-15(14)18-16/h6-9,11,17H,3-5,10,12H2,1-2H3. The maximum Gasteiger partial charge on any atom is 0.214 e. The quantitative estimate of drug-likeness (QED) is 0.771. The first-order chi connectivity index (χ1) is 9.35. The molecule has 0 spiro atoms. The van der Waals surface area contributed by atoms with E-state index in [9.17, 15) is 0 Å². The van der Waals surface area contributed by atoms with Gasteiger partial charge in [-0.25, -0.2) is 4.98 Å². The van der Waals surface area contributed by atoms with E-state index in [1.54, 1.807) is 0 Å². The lowest BCUT2D eigenvalue weighted by Gasteiger charge is -2.10. The van der Waals surface area contributed by atoms with Crippen molar-refractivity contribution in [1.82, 2.24) is 10.3 Å². The van der Waals surface area contributed by atoms with E-state index >= 15 is 0 Å². The van der Waals surface area contributed by atoms with Crippen LogP contribution in [0, 0.1) is 0 Å². The normalized spacial score (nSPS) is 10.8. The number of hydrogen-bond donors (Lipinski definition) is 1. The molecule has 19 heavy (non-hydrogen) atoms. The first kappa shape index (κ1) is 13.8. The number of ether oxygens (including phenoxy) is 1. The number of unbranched alkanes of at least 4 members (excludes halogenated alkanes) is 1. The predicted octanol–water partition coefficient (Wildman–Crippen LogP) is 3.52. The largest absolute Gasteiger partial charge is 0.478 e. The molecule has 3 heteroatoms. The van der Waals surface area contributed by atoms with Crippen LogP contribution < -0.4 is 10.1 Å². The van der Waals surface area contributed by atoms with Gasteiger partial charge in [0.25, 0.3) is 0 Å². The van der Waals surface area contributed by atoms with E-state index in [0.717, 1.165) is 43.9 Å². The van der Waals surface area contributed by atoms with Gasteiger partial charge in [-0.2, -0.15) is 0 Å². The molecule has 1 aromatic carbocycles. The molecule has 0 fully saturated rings. The van der Waals surface area contributed by atoms with Crippen LogP contribution in [0.2, 0.25) is 0 Å². The molecule has 0 radical (unpaired) electrons. The van der Waals surface area contributed by atoms with Crippen molar-refractivity contribution in [2.75, 3.05) is 13.2 Å². The fourth-order valence-corrected chi connectivity index (χ4v) is 2.02. The number of benzene rings is 1. The minimum atomic E-state index is 0.736. The Bertz CT molecular complexity index is 525. The molecular formula is C16H22N2O. The average molecular weight is 258 g/mol. The third-order valence-electron chi connectivity index (χ3n) is 3.09. The van der Waals surface area contributed by atoms with Gasteiger partial charge in [0.2, 0.25) is 5.88 Å². The van der Waals surface area contributed by atoms with Crippen LogP contribution in [0.3, 0.4) is 0 Å². The molecule has 0 aliphatic heterocycles. The minimum absolute atomic E-state index is 0.736. The Morgan fingerprint density at radius 2 is 2.05 bits per heavy atom. The zero-order valence-electron chi connectivity index (χ0n) is 11.8. The summed E-state index contributed by atoms with van der Waals surface area (Å²) in [6, 6.07) is 10.3. The molecule has 102 valence electrons. The lowest BCUT2D eigenvalue weighted by Crippen LogP contribution is -2.12. The lowest BCUT2D eigenvalue weighted by atomic mass is 10.1. The Hall–Kier alpha value is -1.61. The number of rotatable bonds is 7. The molecule has 0 aliphatic carbocycles. The van der Waals surface area contributed by atoms with E-state index in [2.05, 4.69) is 42.3 Å². The lowest BCUT2D eigenvalue weighted by molar-refractivity contribution is 0.298. The van der Waals surface area contributed by atoms with Crippen molar-refractivity contribution in [3.8, 4) is 5.88 Å². The molecule has 2 rings (SSSR count). The SMILES string of the molecule is CCCCOc1cc(CNCC)c2ccccc2n1. The third-order valence-corrected chi connectivity index (χ3v) is 3.09. The molecule has 0 aliphatic rings. The Morgan fingerprint density at radius 3 is 2.84 bits per heavy atom. The van der Waals surface area contributed by atoms with Gasteiger partial charge in [-0.3, -0.25) is 0 Å². The van der Waals surface area contributed by atoms with E-state index < -0.39 is 0 Å². The molecule has 0 bridgehead atoms. The molecule has 0 amide bonds. The van der Waals surface area contributed by atoms with Gasteiger partial charge in [0, 0.05) is 18.0 Å². The van der Waals surface area contributed by atoms with Gasteiger partial charge in [-0.05, 0) is 24.6 Å². The Morgan fingerprint density at radius 1 is 1.21 bits per heavy atom. The summed E-state index contributed by atoms with van der Waals surface area (Å²) in [6.45, 7) is 6.82. The molecule has 3 nitrogen and oxygen atoms in total. The van der Waals surface area contributed by atoms with Gasteiger partial charge < -0.3 is 10.1 Å². The summed E-state index contributed by atoms with van der Waals surface area (Å²) in [7, 11) is 0. The molecular weight excluding hydrogens is 236 g/mol. The number of hydrogen-bond acceptors (Lipinski definition) is 3. The highest BCUT2D eigenvalue weighted by atomic mass is 16.5. The van der Waals surface area contributed by atoms with E-state index in [1.807, 2.05) is 12.1 Å². The van der Waals surface area contributed by atoms with E-state index in [1.165, 1.54) is 10.9 Å². The van der Waals surface area contributed by atoms with Crippen molar-refractivity contribution >= 4 is 10.9 Å². The van der Waals surface area contributed by atoms with Crippen LogP contribution in [0.25, 0.3) is 10.9 Å². The van der Waals surface area contributed by atoms with E-state index in [4.69, 9.17) is 4.74 Å². The topological polar surface area (TPSA) is 34.1 Å². The Balaban J connectivity index is 2.27. The smallest absolute Gasteiger partial charge is 0.214 e. The third kappa shape index (κ3) is 3.67. The molecule has 1 N–H and O–H groups in total. The molecule has 0 saturated heterocycles. The van der Waals surface area contributed by atoms with Crippen LogP contribution in [0.4, 0.5) is 0 Å². The highest BCUT2D eigenvalue weighted by Gasteiger charge is 2.05. The average Bonchev–Trinajstić information content (AvgIpc) is 2.45. The molecule has 0 atom stereocenters. The fourth-order valence-electron chi connectivity index (χ4n) is 2.02. The number of nitrogens with zero attached hydrogens (tertiary/aromatic N) is 1. The zero-order chi connectivity index (χ0) is 13.5. The monoisotopic (exact) mass is 258 g/mol. The Labute approximate surface area is 115 Å². The first-order valence-electron chi connectivity index (χ1n) is 7.07. The molecule has 1 heterocycles. The van der Waals surface area contributed by atoms with Gasteiger partial charge in [0.05, 0.1) is 12.1 Å². The van der Waals surface area contributed by atoms with Gasteiger partial charge >= 0.3 is 0 Å². The van der Waals surface area contributed by atoms with Crippen LogP contribution in [0.1, 0.15) is 32.3 Å². The minimum Gasteiger partial charge on any atom is -0.478 e. The van der Waals surface area contributed by atoms with Crippen LogP contribution in [-0.4, -0.2) is 18.1 Å². The predicted molar refractivity (Wildman–Crippen MR) is 79.5 cm³/mol. The fraction of sp³-hybridized carbons (Fsp3) is 0.438. The summed E-state index contributed by atoms with van der Waals surface area (Å²) in [5.41, 5.74) is 2.25. The maximum atomic E-state index is 5.74. The van der Waals surface area contributed by atoms with Crippen molar-refractivity contribution in [2.45, 2.75) is 33.2 Å². The van der Waals surface area contributed by atoms with Gasteiger partial charge in [0.1, 0.15) is 0 Å². The van der Waals surface area contributed by atoms with Crippen molar-refractivity contribution < 1.29 is 4.74 Å². The highest BCUT2D eigenvalue weighted by molar-refractivity contribution is 5.82. The highest BCUT2D eigenvalue weighted by Crippen LogP contribution is 2.22. The van der Waals surface area contributed by atoms with Crippen LogP contribution in [0.5, 0.6) is 5.88 Å². The van der Waals surface area contributed by atoms with Crippen molar-refractivity contribution in [3.63, 3.8) is 0 Å². The molecule has 0 saturated carbocycles. The first-order valence-corrected chi connectivity index (χ1v) is 7.07. The number of aromatic nitrogens is 1. The summed E-state index contributed by atoms with van der Waals surface area (Å²) in [6.07, 6.45) is 2.20. The maximum absolute atomic E-state index is 5.74. The molecule has 2 aromatic rings. The van der Waals surface area contributed by atoms with E-state index in [0.29, 0.717) is 0 Å². The second-order valence-electron chi connectivity index (χ2n) is 4.62. The number of para-hydroxylation sites is 1. The summed E-state index contributed by atoms with van der Waals surface area (Å²) in [4.78, 5) is 4.57. The van der Waals surface area contributed by atoms with Crippen molar-refractivity contribution in [2.24, 2.45) is 0 Å². The van der Waals surface area contributed by atoms with Crippen LogP contribution >= 0.6 is 0 Å². The summed E-state index contributed by atoms with van der Waals surface area (Å²) in [5.74, 6) is 0.736. The molecule has 0 unspecified atom stereocenters. The summed E-state index contributed by atoms with van der Waals surface area (Å²) < 4.78 is 5.74. The second kappa shape index (κ2) is 7.10. The number of pyridine rings is 1. The van der Waals surface area contributed by atoms with Crippen molar-refractivity contribution in [1.29, 1.82) is 0 Å². The second-order valence-corrected chi connectivity index (χ2v) is 4.62. The molecule has 1 aromatic heterocycles. The van der Waals surface area contributed by atoms with Gasteiger partial charge in [0.15, 0.2) is 0 Å². The Kier molecular flexibility index (Phi) is 5.16. The number of nitrogens with one attached hydrogen (secondary N) is 1. The summed E-state index contributed by atoms with van der Waals surface area (Å²) in [5, 5.41) is 4.57. The van der Waals surface area contributed by atoms with Gasteiger partial charge in [-0.1, -0.05) is 38.5 Å². The number of fused-ring (bicyclic) bond motifs is 1. The van der Waals surface area contributed by atoms with Crippen molar-refractivity contribution in [3.05, 3.63) is 35.9 Å². The van der Waals surface area contributed by atoms with Crippen LogP contribution in [0.15, 0.2) is 30.3 Å².